The minimum absolute atomic E-state index is 0.192. The van der Waals surface area contributed by atoms with Crippen LogP contribution in [0.3, 0.4) is 0 Å². The van der Waals surface area contributed by atoms with Gasteiger partial charge in [0.2, 0.25) is 5.91 Å². The number of methoxy groups -OCH3 is 1. The molecule has 150 valence electrons. The normalized spacial score (nSPS) is 19.9. The van der Waals surface area contributed by atoms with Crippen molar-refractivity contribution in [3.05, 3.63) is 42.6 Å². The van der Waals surface area contributed by atoms with Crippen LogP contribution in [0, 0.1) is 5.92 Å². The lowest BCUT2D eigenvalue weighted by Crippen LogP contribution is -2.33. The molecule has 1 saturated heterocycles. The Kier molecular flexibility index (Phi) is 4.70. The van der Waals surface area contributed by atoms with Crippen molar-refractivity contribution >= 4 is 17.1 Å². The number of hydrogen-bond donors (Lipinski definition) is 0. The molecule has 0 radical (unpaired) electrons. The molecule has 3 heterocycles. The first-order chi connectivity index (χ1) is 14.2. The highest BCUT2D eigenvalue weighted by atomic mass is 16.5. The Morgan fingerprint density at radius 3 is 2.66 bits per heavy atom. The number of ether oxygens (including phenoxy) is 1. The molecule has 0 unspecified atom stereocenters. The summed E-state index contributed by atoms with van der Waals surface area (Å²) in [5.41, 5.74) is 2.81. The molecular formula is C23H26N4O2. The molecule has 0 bridgehead atoms. The molecule has 1 aliphatic carbocycles. The van der Waals surface area contributed by atoms with Crippen LogP contribution in [0.1, 0.15) is 38.1 Å². The number of imidazole rings is 1. The predicted octanol–water partition coefficient (Wildman–Crippen LogP) is 4.07. The van der Waals surface area contributed by atoms with E-state index in [9.17, 15) is 4.79 Å². The molecule has 1 aliphatic heterocycles. The van der Waals surface area contributed by atoms with Crippen LogP contribution in [-0.2, 0) is 4.79 Å². The van der Waals surface area contributed by atoms with E-state index in [0.717, 1.165) is 60.7 Å². The zero-order valence-electron chi connectivity index (χ0n) is 16.8. The Morgan fingerprint density at radius 2 is 1.90 bits per heavy atom. The number of hydrogen-bond acceptors (Lipinski definition) is 4. The highest BCUT2D eigenvalue weighted by molar-refractivity contribution is 5.80. The van der Waals surface area contributed by atoms with E-state index in [-0.39, 0.29) is 12.0 Å². The fourth-order valence-corrected chi connectivity index (χ4v) is 4.80. The number of carbonyl (C=O) groups excluding carboxylic acids is 1. The number of benzene rings is 1. The third-order valence-electron chi connectivity index (χ3n) is 6.34. The van der Waals surface area contributed by atoms with Crippen LogP contribution in [0.5, 0.6) is 5.75 Å². The van der Waals surface area contributed by atoms with E-state index in [2.05, 4.69) is 14.5 Å². The summed E-state index contributed by atoms with van der Waals surface area (Å²) in [6.07, 6.45) is 7.22. The maximum atomic E-state index is 12.9. The van der Waals surface area contributed by atoms with Gasteiger partial charge < -0.3 is 14.2 Å². The Hall–Kier alpha value is -2.89. The molecule has 2 aromatic heterocycles. The molecule has 5 rings (SSSR count). The van der Waals surface area contributed by atoms with Crippen LogP contribution in [0.2, 0.25) is 0 Å². The van der Waals surface area contributed by atoms with Gasteiger partial charge in [-0.05, 0) is 55.7 Å². The highest BCUT2D eigenvalue weighted by Gasteiger charge is 2.34. The van der Waals surface area contributed by atoms with Gasteiger partial charge in [0, 0.05) is 30.8 Å². The number of likely N-dealkylation sites (tertiary alicyclic amines) is 1. The molecule has 1 aromatic carbocycles. The van der Waals surface area contributed by atoms with E-state index >= 15 is 0 Å². The van der Waals surface area contributed by atoms with E-state index in [1.165, 1.54) is 12.8 Å². The minimum atomic E-state index is 0.192. The molecule has 3 aromatic rings. The second-order valence-electron chi connectivity index (χ2n) is 8.09. The van der Waals surface area contributed by atoms with Gasteiger partial charge >= 0.3 is 0 Å². The number of fused-ring (bicyclic) bond motifs is 1. The van der Waals surface area contributed by atoms with Crippen LogP contribution in [0.15, 0.2) is 42.6 Å². The lowest BCUT2D eigenvalue weighted by atomic mass is 10.1. The molecule has 29 heavy (non-hydrogen) atoms. The Morgan fingerprint density at radius 1 is 1.10 bits per heavy atom. The smallest absolute Gasteiger partial charge is 0.225 e. The van der Waals surface area contributed by atoms with Crippen molar-refractivity contribution in [3.63, 3.8) is 0 Å². The molecule has 1 atom stereocenters. The summed E-state index contributed by atoms with van der Waals surface area (Å²) in [5.74, 6) is 2.30. The van der Waals surface area contributed by atoms with E-state index in [0.29, 0.717) is 5.91 Å². The average molecular weight is 390 g/mol. The van der Waals surface area contributed by atoms with Crippen LogP contribution in [-0.4, -0.2) is 45.5 Å². The maximum absolute atomic E-state index is 12.9. The van der Waals surface area contributed by atoms with Gasteiger partial charge in [-0.15, -0.1) is 0 Å². The summed E-state index contributed by atoms with van der Waals surface area (Å²) in [4.78, 5) is 24.5. The van der Waals surface area contributed by atoms with Crippen molar-refractivity contribution in [1.29, 1.82) is 0 Å². The zero-order valence-corrected chi connectivity index (χ0v) is 16.8. The average Bonchev–Trinajstić information content (AvgIpc) is 3.52. The van der Waals surface area contributed by atoms with E-state index < -0.39 is 0 Å². The Labute approximate surface area is 170 Å². The minimum Gasteiger partial charge on any atom is -0.497 e. The van der Waals surface area contributed by atoms with Crippen molar-refractivity contribution in [2.75, 3.05) is 20.2 Å². The quantitative estimate of drug-likeness (QED) is 0.674. The van der Waals surface area contributed by atoms with Gasteiger partial charge in [0.15, 0.2) is 5.65 Å². The molecular weight excluding hydrogens is 364 g/mol. The lowest BCUT2D eigenvalue weighted by molar-refractivity contribution is -0.134. The highest BCUT2D eigenvalue weighted by Crippen LogP contribution is 2.34. The fraction of sp³-hybridized carbons (Fsp3) is 0.435. The van der Waals surface area contributed by atoms with Crippen molar-refractivity contribution in [3.8, 4) is 17.1 Å². The molecule has 1 saturated carbocycles. The lowest BCUT2D eigenvalue weighted by Gasteiger charge is -2.21. The van der Waals surface area contributed by atoms with Crippen LogP contribution >= 0.6 is 0 Å². The van der Waals surface area contributed by atoms with Crippen LogP contribution < -0.4 is 4.74 Å². The van der Waals surface area contributed by atoms with Gasteiger partial charge in [0.1, 0.15) is 17.1 Å². The first-order valence-electron chi connectivity index (χ1n) is 10.5. The summed E-state index contributed by atoms with van der Waals surface area (Å²) in [6.45, 7) is 1.55. The Bertz CT molecular complexity index is 1020. The topological polar surface area (TPSA) is 60.3 Å². The standard InChI is InChI=1S/C23H26N4O2/c1-29-19-10-8-16(9-11-19)21-25-20-7-4-13-24-22(20)27(21)18-12-14-26(15-18)23(28)17-5-2-3-6-17/h4,7-11,13,17-18H,2-3,5-6,12,14-15H2,1H3/t18-/m1/s1. The molecule has 2 aliphatic rings. The van der Waals surface area contributed by atoms with E-state index in [1.54, 1.807) is 7.11 Å². The first-order valence-corrected chi connectivity index (χ1v) is 10.5. The summed E-state index contributed by atoms with van der Waals surface area (Å²) in [6, 6.07) is 12.1. The second-order valence-corrected chi connectivity index (χ2v) is 8.09. The van der Waals surface area contributed by atoms with Crippen LogP contribution in [0.4, 0.5) is 0 Å². The number of nitrogens with zero attached hydrogens (tertiary/aromatic N) is 4. The molecule has 1 amide bonds. The molecule has 6 nitrogen and oxygen atoms in total. The van der Waals surface area contributed by atoms with Gasteiger partial charge in [0.25, 0.3) is 0 Å². The third-order valence-corrected chi connectivity index (χ3v) is 6.34. The SMILES string of the molecule is COc1ccc(-c2nc3cccnc3n2[C@@H]2CCN(C(=O)C3CCCC3)C2)cc1. The predicted molar refractivity (Wildman–Crippen MR) is 112 cm³/mol. The maximum Gasteiger partial charge on any atom is 0.225 e. The second kappa shape index (κ2) is 7.50. The number of rotatable bonds is 4. The monoisotopic (exact) mass is 390 g/mol. The molecule has 0 N–H and O–H groups in total. The largest absolute Gasteiger partial charge is 0.497 e. The van der Waals surface area contributed by atoms with Crippen molar-refractivity contribution in [1.82, 2.24) is 19.4 Å². The van der Waals surface area contributed by atoms with Gasteiger partial charge in [-0.1, -0.05) is 12.8 Å². The van der Waals surface area contributed by atoms with E-state index in [4.69, 9.17) is 9.72 Å². The summed E-state index contributed by atoms with van der Waals surface area (Å²) < 4.78 is 7.53. The van der Waals surface area contributed by atoms with Gasteiger partial charge in [-0.2, -0.15) is 0 Å². The fourth-order valence-electron chi connectivity index (χ4n) is 4.80. The molecule has 0 spiro atoms. The zero-order chi connectivity index (χ0) is 19.8. The van der Waals surface area contributed by atoms with E-state index in [1.807, 2.05) is 42.6 Å². The third kappa shape index (κ3) is 3.26. The Balaban J connectivity index is 1.49. The molecule has 6 heteroatoms. The van der Waals surface area contributed by atoms with Crippen LogP contribution in [0.25, 0.3) is 22.6 Å². The van der Waals surface area contributed by atoms with Crippen molar-refractivity contribution < 1.29 is 9.53 Å². The number of amides is 1. The van der Waals surface area contributed by atoms with Gasteiger partial charge in [0.05, 0.1) is 13.2 Å². The number of pyridine rings is 1. The van der Waals surface area contributed by atoms with Gasteiger partial charge in [-0.3, -0.25) is 4.79 Å². The van der Waals surface area contributed by atoms with Crippen molar-refractivity contribution in [2.24, 2.45) is 5.92 Å². The number of carbonyl (C=O) groups is 1. The van der Waals surface area contributed by atoms with Crippen molar-refractivity contribution in [2.45, 2.75) is 38.1 Å². The van der Waals surface area contributed by atoms with Gasteiger partial charge in [-0.25, -0.2) is 9.97 Å². The summed E-state index contributed by atoms with van der Waals surface area (Å²) >= 11 is 0. The molecule has 2 fully saturated rings. The summed E-state index contributed by atoms with van der Waals surface area (Å²) in [5, 5.41) is 0. The summed E-state index contributed by atoms with van der Waals surface area (Å²) in [7, 11) is 1.67. The first kappa shape index (κ1) is 18.2. The number of aromatic nitrogens is 3.